The first-order chi connectivity index (χ1) is 13.7. The van der Waals surface area contributed by atoms with Crippen LogP contribution in [0.3, 0.4) is 0 Å². The van der Waals surface area contributed by atoms with Crippen LogP contribution in [0.4, 0.5) is 0 Å². The van der Waals surface area contributed by atoms with Crippen molar-refractivity contribution in [2.75, 3.05) is 13.1 Å². The summed E-state index contributed by atoms with van der Waals surface area (Å²) in [6.07, 6.45) is 3.44. The number of aromatic nitrogens is 2. The van der Waals surface area contributed by atoms with Crippen LogP contribution in [-0.2, 0) is 0 Å². The summed E-state index contributed by atoms with van der Waals surface area (Å²) < 4.78 is 0. The summed E-state index contributed by atoms with van der Waals surface area (Å²) in [4.78, 5) is 33.1. The van der Waals surface area contributed by atoms with E-state index in [1.54, 1.807) is 36.7 Å². The van der Waals surface area contributed by atoms with Crippen molar-refractivity contribution in [3.63, 3.8) is 0 Å². The van der Waals surface area contributed by atoms with Gasteiger partial charge in [-0.3, -0.25) is 19.6 Å². The zero-order valence-corrected chi connectivity index (χ0v) is 15.1. The fourth-order valence-electron chi connectivity index (χ4n) is 2.99. The quantitative estimate of drug-likeness (QED) is 0.529. The highest BCUT2D eigenvalue weighted by atomic mass is 16.2. The highest BCUT2D eigenvalue weighted by Crippen LogP contribution is 2.14. The molecule has 2 amide bonds. The summed E-state index contributed by atoms with van der Waals surface area (Å²) in [7, 11) is 0. The maximum atomic E-state index is 12.3. The minimum absolute atomic E-state index is 0.184. The lowest BCUT2D eigenvalue weighted by Crippen LogP contribution is -2.34. The van der Waals surface area contributed by atoms with Crippen molar-refractivity contribution in [1.82, 2.24) is 20.6 Å². The number of fused-ring (bicyclic) bond motifs is 2. The Morgan fingerprint density at radius 3 is 1.61 bits per heavy atom. The van der Waals surface area contributed by atoms with Crippen molar-refractivity contribution in [1.29, 1.82) is 0 Å². The molecule has 138 valence electrons. The Morgan fingerprint density at radius 2 is 1.14 bits per heavy atom. The fourth-order valence-corrected chi connectivity index (χ4v) is 2.99. The molecule has 0 atom stereocenters. The Balaban J connectivity index is 1.31. The molecule has 0 bridgehead atoms. The predicted molar refractivity (Wildman–Crippen MR) is 108 cm³/mol. The largest absolute Gasteiger partial charge is 0.350 e. The number of hydrogen-bond acceptors (Lipinski definition) is 4. The molecule has 0 spiro atoms. The summed E-state index contributed by atoms with van der Waals surface area (Å²) in [6, 6.07) is 18.2. The molecule has 0 fully saturated rings. The second-order valence-electron chi connectivity index (χ2n) is 6.33. The third kappa shape index (κ3) is 3.81. The standard InChI is InChI=1S/C22H18N4O2/c27-21(17-5-7-19-15(13-17)3-1-9-23-19)25-11-12-26-22(28)18-6-8-20-16(14-18)4-2-10-24-20/h1-10,13-14H,11-12H2,(H,25,27)(H,26,28). The fraction of sp³-hybridized carbons (Fsp3) is 0.0909. The lowest BCUT2D eigenvalue weighted by molar-refractivity contribution is 0.0928. The molecule has 6 nitrogen and oxygen atoms in total. The Kier molecular flexibility index (Phi) is 4.93. The van der Waals surface area contributed by atoms with E-state index in [1.807, 2.05) is 36.4 Å². The number of carbonyl (C=O) groups excluding carboxylic acids is 2. The van der Waals surface area contributed by atoms with Gasteiger partial charge in [0.05, 0.1) is 11.0 Å². The van der Waals surface area contributed by atoms with Crippen molar-refractivity contribution in [2.24, 2.45) is 0 Å². The summed E-state index contributed by atoms with van der Waals surface area (Å²) in [5.74, 6) is -0.367. The van der Waals surface area contributed by atoms with Gasteiger partial charge in [0.1, 0.15) is 0 Å². The molecule has 0 unspecified atom stereocenters. The number of amides is 2. The van der Waals surface area contributed by atoms with Crippen LogP contribution < -0.4 is 10.6 Å². The van der Waals surface area contributed by atoms with Gasteiger partial charge in [0, 0.05) is 47.4 Å². The number of rotatable bonds is 5. The normalized spacial score (nSPS) is 10.7. The van der Waals surface area contributed by atoms with Gasteiger partial charge in [0.15, 0.2) is 0 Å². The van der Waals surface area contributed by atoms with E-state index in [-0.39, 0.29) is 11.8 Å². The number of hydrogen-bond donors (Lipinski definition) is 2. The highest BCUT2D eigenvalue weighted by molar-refractivity contribution is 5.99. The van der Waals surface area contributed by atoms with Gasteiger partial charge in [0.25, 0.3) is 11.8 Å². The third-order valence-electron chi connectivity index (χ3n) is 4.43. The number of carbonyl (C=O) groups is 2. The van der Waals surface area contributed by atoms with Gasteiger partial charge in [0.2, 0.25) is 0 Å². The second kappa shape index (κ2) is 7.84. The zero-order chi connectivity index (χ0) is 19.3. The number of pyridine rings is 2. The molecule has 4 rings (SSSR count). The van der Waals surface area contributed by atoms with Crippen LogP contribution in [-0.4, -0.2) is 34.9 Å². The van der Waals surface area contributed by atoms with Crippen molar-refractivity contribution in [3.05, 3.63) is 84.2 Å². The highest BCUT2D eigenvalue weighted by Gasteiger charge is 2.08. The van der Waals surface area contributed by atoms with E-state index in [9.17, 15) is 9.59 Å². The van der Waals surface area contributed by atoms with Crippen molar-refractivity contribution < 1.29 is 9.59 Å². The average Bonchev–Trinajstić information content (AvgIpc) is 2.75. The lowest BCUT2D eigenvalue weighted by atomic mass is 10.1. The first-order valence-corrected chi connectivity index (χ1v) is 8.97. The lowest BCUT2D eigenvalue weighted by Gasteiger charge is -2.08. The van der Waals surface area contributed by atoms with Gasteiger partial charge >= 0.3 is 0 Å². The van der Waals surface area contributed by atoms with E-state index in [4.69, 9.17) is 0 Å². The molecular formula is C22H18N4O2. The van der Waals surface area contributed by atoms with Gasteiger partial charge < -0.3 is 10.6 Å². The maximum absolute atomic E-state index is 12.3. The molecule has 28 heavy (non-hydrogen) atoms. The number of nitrogens with one attached hydrogen (secondary N) is 2. The minimum atomic E-state index is -0.184. The van der Waals surface area contributed by atoms with E-state index in [2.05, 4.69) is 20.6 Å². The molecule has 2 aromatic heterocycles. The van der Waals surface area contributed by atoms with Crippen LogP contribution in [0.2, 0.25) is 0 Å². The molecule has 2 N–H and O–H groups in total. The Bertz CT molecular complexity index is 1080. The van der Waals surface area contributed by atoms with Crippen molar-refractivity contribution in [2.45, 2.75) is 0 Å². The predicted octanol–water partition coefficient (Wildman–Crippen LogP) is 2.94. The molecule has 0 saturated carbocycles. The zero-order valence-electron chi connectivity index (χ0n) is 15.1. The van der Waals surface area contributed by atoms with Gasteiger partial charge in [-0.1, -0.05) is 12.1 Å². The average molecular weight is 370 g/mol. The number of nitrogens with zero attached hydrogens (tertiary/aromatic N) is 2. The maximum Gasteiger partial charge on any atom is 0.251 e. The molecule has 6 heteroatoms. The number of benzene rings is 2. The van der Waals surface area contributed by atoms with E-state index < -0.39 is 0 Å². The van der Waals surface area contributed by atoms with Gasteiger partial charge in [-0.15, -0.1) is 0 Å². The van der Waals surface area contributed by atoms with E-state index in [0.717, 1.165) is 21.8 Å². The molecular weight excluding hydrogens is 352 g/mol. The van der Waals surface area contributed by atoms with Crippen LogP contribution in [0, 0.1) is 0 Å². The SMILES string of the molecule is O=C(NCCNC(=O)c1ccc2ncccc2c1)c1ccc2ncccc2c1. The van der Waals surface area contributed by atoms with Gasteiger partial charge in [-0.25, -0.2) is 0 Å². The summed E-state index contributed by atoms with van der Waals surface area (Å²) >= 11 is 0. The van der Waals surface area contributed by atoms with Crippen LogP contribution in [0.5, 0.6) is 0 Å². The Morgan fingerprint density at radius 1 is 0.679 bits per heavy atom. The van der Waals surface area contributed by atoms with Crippen LogP contribution in [0.25, 0.3) is 21.8 Å². The third-order valence-corrected chi connectivity index (χ3v) is 4.43. The monoisotopic (exact) mass is 370 g/mol. The van der Waals surface area contributed by atoms with Crippen molar-refractivity contribution >= 4 is 33.6 Å². The summed E-state index contributed by atoms with van der Waals surface area (Å²) in [5, 5.41) is 7.45. The first-order valence-electron chi connectivity index (χ1n) is 8.97. The molecule has 0 saturated heterocycles. The van der Waals surface area contributed by atoms with E-state index in [1.165, 1.54) is 0 Å². The Hall–Kier alpha value is -3.80. The summed E-state index contributed by atoms with van der Waals surface area (Å²) in [5.41, 5.74) is 2.82. The topological polar surface area (TPSA) is 84.0 Å². The molecule has 0 aliphatic heterocycles. The van der Waals surface area contributed by atoms with E-state index >= 15 is 0 Å². The minimum Gasteiger partial charge on any atom is -0.350 e. The molecule has 0 radical (unpaired) electrons. The molecule has 0 aliphatic rings. The van der Waals surface area contributed by atoms with Crippen LogP contribution in [0.1, 0.15) is 20.7 Å². The smallest absolute Gasteiger partial charge is 0.251 e. The molecule has 2 heterocycles. The van der Waals surface area contributed by atoms with Crippen LogP contribution >= 0.6 is 0 Å². The summed E-state index contributed by atoms with van der Waals surface area (Å²) in [6.45, 7) is 0.676. The molecule has 2 aromatic carbocycles. The molecule has 0 aliphatic carbocycles. The van der Waals surface area contributed by atoms with Crippen LogP contribution in [0.15, 0.2) is 73.1 Å². The van der Waals surface area contributed by atoms with Gasteiger partial charge in [-0.2, -0.15) is 0 Å². The van der Waals surface area contributed by atoms with Crippen molar-refractivity contribution in [3.8, 4) is 0 Å². The van der Waals surface area contributed by atoms with Gasteiger partial charge in [-0.05, 0) is 48.5 Å². The Labute approximate surface area is 161 Å². The van der Waals surface area contributed by atoms with E-state index in [0.29, 0.717) is 24.2 Å². The molecule has 4 aromatic rings. The second-order valence-corrected chi connectivity index (χ2v) is 6.33. The first kappa shape index (κ1) is 17.6.